The van der Waals surface area contributed by atoms with Gasteiger partial charge < -0.3 is 5.32 Å². The lowest BCUT2D eigenvalue weighted by Crippen LogP contribution is -2.24. The van der Waals surface area contributed by atoms with Crippen molar-refractivity contribution in [3.8, 4) is 0 Å². The summed E-state index contributed by atoms with van der Waals surface area (Å²) in [6, 6.07) is 10.8. The van der Waals surface area contributed by atoms with E-state index in [1.165, 1.54) is 24.3 Å². The summed E-state index contributed by atoms with van der Waals surface area (Å²) in [6.07, 6.45) is 1.44. The van der Waals surface area contributed by atoms with Crippen LogP contribution in [0.3, 0.4) is 0 Å². The number of hydrogen-bond acceptors (Lipinski definition) is 1. The molecule has 0 aromatic heterocycles. The number of halogens is 3. The fraction of sp³-hybridized carbons (Fsp3) is 0.294. The number of benzene rings is 2. The predicted molar refractivity (Wildman–Crippen MR) is 82.5 cm³/mol. The zero-order valence-electron chi connectivity index (χ0n) is 11.9. The van der Waals surface area contributed by atoms with Gasteiger partial charge in [0.1, 0.15) is 11.6 Å². The summed E-state index contributed by atoms with van der Waals surface area (Å²) in [5.41, 5.74) is 1.49. The molecule has 1 N–H and O–H groups in total. The highest BCUT2D eigenvalue weighted by atomic mass is 35.5. The third kappa shape index (κ3) is 4.51. The molecule has 112 valence electrons. The first-order valence-electron chi connectivity index (χ1n) is 7.03. The fourth-order valence-electron chi connectivity index (χ4n) is 2.24. The highest BCUT2D eigenvalue weighted by Gasteiger charge is 2.14. The van der Waals surface area contributed by atoms with Crippen molar-refractivity contribution in [1.82, 2.24) is 5.32 Å². The molecule has 4 heteroatoms. The van der Waals surface area contributed by atoms with E-state index < -0.39 is 0 Å². The van der Waals surface area contributed by atoms with Crippen LogP contribution in [-0.2, 0) is 6.42 Å². The molecule has 0 saturated carbocycles. The maximum atomic E-state index is 13.9. The highest BCUT2D eigenvalue weighted by Crippen LogP contribution is 2.23. The van der Waals surface area contributed by atoms with Gasteiger partial charge in [-0.25, -0.2) is 8.78 Å². The van der Waals surface area contributed by atoms with Gasteiger partial charge in [-0.1, -0.05) is 30.7 Å². The first-order valence-corrected chi connectivity index (χ1v) is 7.40. The van der Waals surface area contributed by atoms with Gasteiger partial charge in [0, 0.05) is 11.1 Å². The van der Waals surface area contributed by atoms with Crippen LogP contribution < -0.4 is 5.32 Å². The lowest BCUT2D eigenvalue weighted by molar-refractivity contribution is 0.512. The van der Waals surface area contributed by atoms with E-state index in [9.17, 15) is 8.78 Å². The molecule has 0 fully saturated rings. The van der Waals surface area contributed by atoms with E-state index in [2.05, 4.69) is 12.2 Å². The van der Waals surface area contributed by atoms with Crippen LogP contribution >= 0.6 is 11.6 Å². The van der Waals surface area contributed by atoms with Crippen LogP contribution in [0.1, 0.15) is 30.5 Å². The molecule has 0 spiro atoms. The second-order valence-corrected chi connectivity index (χ2v) is 5.43. The summed E-state index contributed by atoms with van der Waals surface area (Å²) in [5.74, 6) is -0.549. The van der Waals surface area contributed by atoms with E-state index in [0.29, 0.717) is 17.0 Å². The molecule has 21 heavy (non-hydrogen) atoms. The van der Waals surface area contributed by atoms with E-state index in [4.69, 9.17) is 11.6 Å². The average Bonchev–Trinajstić information content (AvgIpc) is 2.48. The molecule has 0 bridgehead atoms. The van der Waals surface area contributed by atoms with Gasteiger partial charge in [-0.2, -0.15) is 0 Å². The fourth-order valence-corrected chi connectivity index (χ4v) is 2.44. The third-order valence-corrected chi connectivity index (χ3v) is 3.58. The van der Waals surface area contributed by atoms with Crippen molar-refractivity contribution in [2.24, 2.45) is 0 Å². The van der Waals surface area contributed by atoms with Crippen LogP contribution in [0.4, 0.5) is 8.78 Å². The lowest BCUT2D eigenvalue weighted by Gasteiger charge is -2.19. The highest BCUT2D eigenvalue weighted by molar-refractivity contribution is 6.30. The van der Waals surface area contributed by atoms with E-state index >= 15 is 0 Å². The second kappa shape index (κ2) is 7.53. The van der Waals surface area contributed by atoms with Gasteiger partial charge in [-0.15, -0.1) is 0 Å². The Labute approximate surface area is 128 Å². The molecule has 0 aliphatic carbocycles. The van der Waals surface area contributed by atoms with Gasteiger partial charge in [0.05, 0.1) is 0 Å². The van der Waals surface area contributed by atoms with Crippen molar-refractivity contribution < 1.29 is 8.78 Å². The van der Waals surface area contributed by atoms with Crippen LogP contribution in [0.5, 0.6) is 0 Å². The van der Waals surface area contributed by atoms with Crippen molar-refractivity contribution in [3.63, 3.8) is 0 Å². The quantitative estimate of drug-likeness (QED) is 0.800. The Morgan fingerprint density at radius 2 is 1.81 bits per heavy atom. The normalized spacial score (nSPS) is 12.4. The molecule has 0 heterocycles. The minimum atomic E-state index is -0.276. The van der Waals surface area contributed by atoms with Crippen LogP contribution in [0.15, 0.2) is 42.5 Å². The van der Waals surface area contributed by atoms with Crippen LogP contribution in [-0.4, -0.2) is 6.54 Å². The topological polar surface area (TPSA) is 12.0 Å². The number of nitrogens with one attached hydrogen (secondary N) is 1. The van der Waals surface area contributed by atoms with Crippen molar-refractivity contribution in [2.45, 2.75) is 25.8 Å². The smallest absolute Gasteiger partial charge is 0.126 e. The van der Waals surface area contributed by atoms with Crippen molar-refractivity contribution in [3.05, 3.63) is 70.2 Å². The molecule has 2 aromatic carbocycles. The van der Waals surface area contributed by atoms with E-state index in [1.54, 1.807) is 18.2 Å². The maximum absolute atomic E-state index is 13.9. The van der Waals surface area contributed by atoms with Crippen LogP contribution in [0.2, 0.25) is 5.02 Å². The largest absolute Gasteiger partial charge is 0.310 e. The van der Waals surface area contributed by atoms with Crippen molar-refractivity contribution in [1.29, 1.82) is 0 Å². The van der Waals surface area contributed by atoms with E-state index in [0.717, 1.165) is 18.5 Å². The molecular weight excluding hydrogens is 292 g/mol. The molecule has 0 aliphatic rings. The van der Waals surface area contributed by atoms with Crippen molar-refractivity contribution >= 4 is 11.6 Å². The molecule has 1 unspecified atom stereocenters. The Morgan fingerprint density at radius 3 is 2.48 bits per heavy atom. The number of rotatable bonds is 6. The molecule has 2 aromatic rings. The first-order chi connectivity index (χ1) is 10.1. The first kappa shape index (κ1) is 15.9. The van der Waals surface area contributed by atoms with Gasteiger partial charge in [-0.3, -0.25) is 0 Å². The van der Waals surface area contributed by atoms with Gasteiger partial charge in [0.25, 0.3) is 0 Å². The lowest BCUT2D eigenvalue weighted by atomic mass is 9.98. The summed E-state index contributed by atoms with van der Waals surface area (Å²) in [7, 11) is 0. The van der Waals surface area contributed by atoms with E-state index in [1.807, 2.05) is 0 Å². The molecule has 1 atom stereocenters. The van der Waals surface area contributed by atoms with Crippen LogP contribution in [0.25, 0.3) is 0 Å². The molecule has 1 nitrogen and oxygen atoms in total. The van der Waals surface area contributed by atoms with E-state index in [-0.39, 0.29) is 17.7 Å². The SMILES string of the molecule is CCCNC(Cc1cc(Cl)ccc1F)c1ccc(F)cc1. The van der Waals surface area contributed by atoms with Gasteiger partial charge >= 0.3 is 0 Å². The monoisotopic (exact) mass is 309 g/mol. The molecule has 0 amide bonds. The Balaban J connectivity index is 2.23. The Kier molecular flexibility index (Phi) is 5.71. The summed E-state index contributed by atoms with van der Waals surface area (Å²) in [6.45, 7) is 2.87. The predicted octanol–water partition coefficient (Wildman–Crippen LogP) is 4.90. The molecule has 0 aliphatic heterocycles. The Hall–Kier alpha value is -1.45. The van der Waals surface area contributed by atoms with Crippen molar-refractivity contribution in [2.75, 3.05) is 6.54 Å². The zero-order chi connectivity index (χ0) is 15.2. The Morgan fingerprint density at radius 1 is 1.10 bits per heavy atom. The molecule has 2 rings (SSSR count). The zero-order valence-corrected chi connectivity index (χ0v) is 12.6. The third-order valence-electron chi connectivity index (χ3n) is 3.34. The van der Waals surface area contributed by atoms with Gasteiger partial charge in [0.15, 0.2) is 0 Å². The standard InChI is InChI=1S/C17H18ClF2N/c1-2-9-21-17(12-3-6-15(19)7-4-12)11-13-10-14(18)5-8-16(13)20/h3-8,10,17,21H,2,9,11H2,1H3. The minimum absolute atomic E-state index is 0.0708. The molecule has 0 saturated heterocycles. The van der Waals surface area contributed by atoms with Crippen LogP contribution in [0, 0.1) is 11.6 Å². The number of hydrogen-bond donors (Lipinski definition) is 1. The van der Waals surface area contributed by atoms with Gasteiger partial charge in [-0.05, 0) is 60.8 Å². The summed E-state index contributed by atoms with van der Waals surface area (Å²) in [5, 5.41) is 3.88. The summed E-state index contributed by atoms with van der Waals surface area (Å²) in [4.78, 5) is 0. The summed E-state index contributed by atoms with van der Waals surface area (Å²) >= 11 is 5.93. The Bertz CT molecular complexity index is 584. The molecule has 0 radical (unpaired) electrons. The maximum Gasteiger partial charge on any atom is 0.126 e. The average molecular weight is 310 g/mol. The second-order valence-electron chi connectivity index (χ2n) is 5.00. The summed E-state index contributed by atoms with van der Waals surface area (Å²) < 4.78 is 26.9. The van der Waals surface area contributed by atoms with Gasteiger partial charge in [0.2, 0.25) is 0 Å². The molecular formula is C17H18ClF2N. The minimum Gasteiger partial charge on any atom is -0.310 e.